The van der Waals surface area contributed by atoms with Gasteiger partial charge >= 0.3 is 11.8 Å². The molecule has 0 aliphatic heterocycles. The fourth-order valence-electron chi connectivity index (χ4n) is 3.48. The summed E-state index contributed by atoms with van der Waals surface area (Å²) in [6, 6.07) is 5.33. The summed E-state index contributed by atoms with van der Waals surface area (Å²) in [5.74, 6) is -15.6. The number of carbonyl (C=O) groups is 2. The molecule has 2 aromatic carbocycles. The van der Waals surface area contributed by atoms with Gasteiger partial charge in [-0.25, -0.2) is 17.6 Å². The number of ether oxygens (including phenoxy) is 1. The molecule has 0 spiro atoms. The summed E-state index contributed by atoms with van der Waals surface area (Å²) in [7, 11) is 0.986. The second-order valence-corrected chi connectivity index (χ2v) is 9.96. The van der Waals surface area contributed by atoms with Crippen molar-refractivity contribution in [3.8, 4) is 5.75 Å². The van der Waals surface area contributed by atoms with Crippen LogP contribution in [0.2, 0.25) is 5.02 Å². The van der Waals surface area contributed by atoms with Crippen molar-refractivity contribution < 1.29 is 40.7 Å². The summed E-state index contributed by atoms with van der Waals surface area (Å²) in [4.78, 5) is 25.2. The number of nitrogens with one attached hydrogen (secondary N) is 2. The third kappa shape index (κ3) is 5.47. The van der Waals surface area contributed by atoms with E-state index in [2.05, 4.69) is 5.32 Å². The molecule has 5 nitrogen and oxygen atoms in total. The van der Waals surface area contributed by atoms with Crippen LogP contribution in [-0.4, -0.2) is 41.6 Å². The largest absolute Gasteiger partial charge is 0.493 e. The standard InChI is InChI=1S/C22H17Cl3F6N2O3/c1-20(28,29)21(30,31)8-32-18(34)11-6-10(7-14(27)17(11)36-2)33-19(35)16-15(22(16,24)25)9-3-4-13(26)12(23)5-9/h3-7,15-16H,8H2,1-2H3,(H,32,34)(H,33,35). The molecule has 3 rings (SSSR count). The van der Waals surface area contributed by atoms with E-state index in [1.165, 1.54) is 12.1 Å². The van der Waals surface area contributed by atoms with Gasteiger partial charge in [0.15, 0.2) is 11.6 Å². The van der Waals surface area contributed by atoms with Crippen LogP contribution in [0.5, 0.6) is 5.75 Å². The van der Waals surface area contributed by atoms with E-state index in [-0.39, 0.29) is 17.6 Å². The van der Waals surface area contributed by atoms with Crippen LogP contribution in [0.4, 0.5) is 32.0 Å². The minimum absolute atomic E-state index is 0.0195. The summed E-state index contributed by atoms with van der Waals surface area (Å²) >= 11 is 18.2. The SMILES string of the molecule is COc1c(F)cc(NC(=O)C2C(c3ccc(F)c(Cl)c3)C2(Cl)Cl)cc1C(=O)NCC(F)(F)C(C)(F)F. The monoisotopic (exact) mass is 576 g/mol. The van der Waals surface area contributed by atoms with Gasteiger partial charge in [0.2, 0.25) is 5.91 Å². The summed E-state index contributed by atoms with van der Waals surface area (Å²) in [5.41, 5.74) is -0.590. The van der Waals surface area contributed by atoms with Gasteiger partial charge in [0.05, 0.1) is 30.2 Å². The quantitative estimate of drug-likeness (QED) is 0.291. The molecule has 0 aromatic heterocycles. The lowest BCUT2D eigenvalue weighted by Gasteiger charge is -2.23. The predicted octanol–water partition coefficient (Wildman–Crippen LogP) is 6.17. The van der Waals surface area contributed by atoms with Gasteiger partial charge < -0.3 is 15.4 Å². The number of alkyl halides is 6. The van der Waals surface area contributed by atoms with Gasteiger partial charge in [-0.05, 0) is 23.8 Å². The Balaban J connectivity index is 1.82. The van der Waals surface area contributed by atoms with Crippen LogP contribution in [-0.2, 0) is 4.79 Å². The number of methoxy groups -OCH3 is 1. The molecule has 2 atom stereocenters. The summed E-state index contributed by atoms with van der Waals surface area (Å²) in [6.07, 6.45) is 0. The molecule has 1 fully saturated rings. The van der Waals surface area contributed by atoms with E-state index in [1.807, 2.05) is 0 Å². The average Bonchev–Trinajstić information content (AvgIpc) is 3.34. The Morgan fingerprint density at radius 1 is 1.08 bits per heavy atom. The summed E-state index contributed by atoms with van der Waals surface area (Å²) < 4.78 is 84.3. The smallest absolute Gasteiger partial charge is 0.326 e. The lowest BCUT2D eigenvalue weighted by atomic mass is 10.1. The predicted molar refractivity (Wildman–Crippen MR) is 122 cm³/mol. The maximum Gasteiger partial charge on any atom is 0.326 e. The number of benzene rings is 2. The van der Waals surface area contributed by atoms with Crippen LogP contribution < -0.4 is 15.4 Å². The van der Waals surface area contributed by atoms with Crippen molar-refractivity contribution >= 4 is 52.3 Å². The van der Waals surface area contributed by atoms with Crippen molar-refractivity contribution in [2.45, 2.75) is 29.0 Å². The van der Waals surface area contributed by atoms with Gasteiger partial charge in [-0.1, -0.05) is 17.7 Å². The molecule has 0 radical (unpaired) electrons. The maximum absolute atomic E-state index is 14.6. The van der Waals surface area contributed by atoms with Gasteiger partial charge in [-0.15, -0.1) is 23.2 Å². The zero-order valence-corrected chi connectivity index (χ0v) is 20.6. The van der Waals surface area contributed by atoms with Gasteiger partial charge in [-0.2, -0.15) is 8.78 Å². The molecule has 196 valence electrons. The molecule has 2 N–H and O–H groups in total. The number of anilines is 1. The van der Waals surface area contributed by atoms with Crippen molar-refractivity contribution in [3.63, 3.8) is 0 Å². The lowest BCUT2D eigenvalue weighted by Crippen LogP contribution is -2.47. The van der Waals surface area contributed by atoms with Crippen molar-refractivity contribution in [3.05, 3.63) is 58.1 Å². The van der Waals surface area contributed by atoms with Crippen LogP contribution >= 0.6 is 34.8 Å². The van der Waals surface area contributed by atoms with E-state index in [0.29, 0.717) is 5.56 Å². The van der Waals surface area contributed by atoms with E-state index in [0.717, 1.165) is 25.3 Å². The number of carbonyl (C=O) groups excluding carboxylic acids is 2. The fraction of sp³-hybridized carbons (Fsp3) is 0.364. The molecule has 2 amide bonds. The highest BCUT2D eigenvalue weighted by atomic mass is 35.5. The number of hydrogen-bond acceptors (Lipinski definition) is 3. The Hall–Kier alpha value is -2.37. The first-order valence-corrected chi connectivity index (χ1v) is 11.2. The maximum atomic E-state index is 14.6. The second-order valence-electron chi connectivity index (χ2n) is 8.11. The molecule has 2 aromatic rings. The number of amides is 2. The topological polar surface area (TPSA) is 67.4 Å². The van der Waals surface area contributed by atoms with Crippen LogP contribution in [0.1, 0.15) is 28.8 Å². The minimum atomic E-state index is -4.59. The first kappa shape index (κ1) is 28.2. The van der Waals surface area contributed by atoms with Crippen molar-refractivity contribution in [2.24, 2.45) is 5.92 Å². The molecule has 0 saturated heterocycles. The molecule has 0 bridgehead atoms. The number of halogens is 9. The highest BCUT2D eigenvalue weighted by molar-refractivity contribution is 6.53. The fourth-order valence-corrected chi connectivity index (χ4v) is 4.49. The molecular formula is C22H17Cl3F6N2O3. The Morgan fingerprint density at radius 3 is 2.28 bits per heavy atom. The van der Waals surface area contributed by atoms with Gasteiger partial charge in [0.25, 0.3) is 5.91 Å². The van der Waals surface area contributed by atoms with Crippen LogP contribution in [0.25, 0.3) is 0 Å². The normalized spacial score (nSPS) is 19.0. The Morgan fingerprint density at radius 2 is 1.72 bits per heavy atom. The van der Waals surface area contributed by atoms with Crippen LogP contribution in [0.15, 0.2) is 30.3 Å². The number of hydrogen-bond donors (Lipinski definition) is 2. The van der Waals surface area contributed by atoms with E-state index in [9.17, 15) is 35.9 Å². The van der Waals surface area contributed by atoms with E-state index < -0.39 is 69.3 Å². The molecular weight excluding hydrogens is 561 g/mol. The van der Waals surface area contributed by atoms with Crippen molar-refractivity contribution in [2.75, 3.05) is 19.0 Å². The van der Waals surface area contributed by atoms with Crippen LogP contribution in [0.3, 0.4) is 0 Å². The van der Waals surface area contributed by atoms with E-state index in [4.69, 9.17) is 39.5 Å². The molecule has 1 aliphatic rings. The highest BCUT2D eigenvalue weighted by Crippen LogP contribution is 2.65. The van der Waals surface area contributed by atoms with Gasteiger partial charge in [0, 0.05) is 24.6 Å². The summed E-state index contributed by atoms with van der Waals surface area (Å²) in [6.45, 7) is -1.77. The molecule has 1 saturated carbocycles. The Bertz CT molecular complexity index is 1210. The zero-order valence-electron chi connectivity index (χ0n) is 18.4. The Kier molecular flexibility index (Phi) is 7.70. The second kappa shape index (κ2) is 9.83. The highest BCUT2D eigenvalue weighted by Gasteiger charge is 2.67. The minimum Gasteiger partial charge on any atom is -0.493 e. The third-order valence-corrected chi connectivity index (χ3v) is 6.74. The van der Waals surface area contributed by atoms with Crippen molar-refractivity contribution in [1.82, 2.24) is 5.32 Å². The molecule has 36 heavy (non-hydrogen) atoms. The third-order valence-electron chi connectivity index (χ3n) is 5.51. The molecule has 1 aliphatic carbocycles. The van der Waals surface area contributed by atoms with Crippen molar-refractivity contribution in [1.29, 1.82) is 0 Å². The lowest BCUT2D eigenvalue weighted by molar-refractivity contribution is -0.192. The Labute approximate surface area is 216 Å². The molecule has 14 heteroatoms. The average molecular weight is 578 g/mol. The van der Waals surface area contributed by atoms with E-state index in [1.54, 1.807) is 5.32 Å². The first-order valence-electron chi connectivity index (χ1n) is 10.1. The van der Waals surface area contributed by atoms with E-state index >= 15 is 0 Å². The molecule has 2 unspecified atom stereocenters. The molecule has 0 heterocycles. The van der Waals surface area contributed by atoms with Crippen LogP contribution in [0, 0.1) is 17.6 Å². The first-order chi connectivity index (χ1) is 16.5. The van der Waals surface area contributed by atoms with Gasteiger partial charge in [-0.3, -0.25) is 9.59 Å². The number of rotatable bonds is 8. The zero-order chi connectivity index (χ0) is 27.2. The summed E-state index contributed by atoms with van der Waals surface area (Å²) in [5, 5.41) is 3.69. The van der Waals surface area contributed by atoms with Gasteiger partial charge in [0.1, 0.15) is 10.2 Å².